The van der Waals surface area contributed by atoms with E-state index in [2.05, 4.69) is 5.10 Å². The van der Waals surface area contributed by atoms with Crippen LogP contribution in [0.3, 0.4) is 0 Å². The van der Waals surface area contributed by atoms with Crippen molar-refractivity contribution in [2.45, 2.75) is 20.1 Å². The van der Waals surface area contributed by atoms with E-state index >= 15 is 0 Å². The third-order valence-electron chi connectivity index (χ3n) is 2.90. The van der Waals surface area contributed by atoms with Crippen molar-refractivity contribution in [1.82, 2.24) is 9.78 Å². The topological polar surface area (TPSA) is 64.3 Å². The molecule has 5 heteroatoms. The van der Waals surface area contributed by atoms with Gasteiger partial charge in [-0.05, 0) is 37.3 Å². The first-order valence-corrected chi connectivity index (χ1v) is 6.06. The van der Waals surface area contributed by atoms with E-state index < -0.39 is 0 Å². The van der Waals surface area contributed by atoms with Gasteiger partial charge in [-0.3, -0.25) is 4.79 Å². The molecule has 2 rings (SSSR count). The largest absolute Gasteiger partial charge is 0.497 e. The second-order valence-corrected chi connectivity index (χ2v) is 4.06. The fraction of sp³-hybridized carbons (Fsp3) is 0.286. The molecule has 1 heterocycles. The number of aliphatic hydroxyl groups is 1. The van der Waals surface area contributed by atoms with Crippen molar-refractivity contribution in [3.05, 3.63) is 46.2 Å². The van der Waals surface area contributed by atoms with Crippen LogP contribution >= 0.6 is 0 Å². The fourth-order valence-electron chi connectivity index (χ4n) is 1.83. The van der Waals surface area contributed by atoms with Gasteiger partial charge in [0.15, 0.2) is 0 Å². The van der Waals surface area contributed by atoms with Gasteiger partial charge >= 0.3 is 0 Å². The molecule has 0 unspecified atom stereocenters. The summed E-state index contributed by atoms with van der Waals surface area (Å²) in [6, 6.07) is 9.02. The first-order valence-electron chi connectivity index (χ1n) is 6.06. The third-order valence-corrected chi connectivity index (χ3v) is 2.90. The van der Waals surface area contributed by atoms with Gasteiger partial charge in [0.25, 0.3) is 5.56 Å². The normalized spacial score (nSPS) is 10.5. The second kappa shape index (κ2) is 5.67. The Kier molecular flexibility index (Phi) is 3.97. The molecule has 0 radical (unpaired) electrons. The molecule has 0 bridgehead atoms. The summed E-state index contributed by atoms with van der Waals surface area (Å²) in [6.07, 6.45) is 0. The number of nitrogens with zero attached hydrogens (tertiary/aromatic N) is 2. The van der Waals surface area contributed by atoms with Crippen LogP contribution in [-0.2, 0) is 13.2 Å². The quantitative estimate of drug-likeness (QED) is 0.903. The SMILES string of the molecule is CCn1nc(-c2ccc(OC)cc2)cc(CO)c1=O. The fourth-order valence-corrected chi connectivity index (χ4v) is 1.83. The molecule has 5 nitrogen and oxygen atoms in total. The van der Waals surface area contributed by atoms with E-state index in [0.717, 1.165) is 11.3 Å². The lowest BCUT2D eigenvalue weighted by Crippen LogP contribution is -2.26. The highest BCUT2D eigenvalue weighted by atomic mass is 16.5. The van der Waals surface area contributed by atoms with E-state index in [1.165, 1.54) is 4.68 Å². The molecule has 100 valence electrons. The Morgan fingerprint density at radius 2 is 2.00 bits per heavy atom. The van der Waals surface area contributed by atoms with Gasteiger partial charge in [0.05, 0.1) is 19.4 Å². The van der Waals surface area contributed by atoms with Gasteiger partial charge in [0.1, 0.15) is 5.75 Å². The number of hydrogen-bond donors (Lipinski definition) is 1. The van der Waals surface area contributed by atoms with Crippen molar-refractivity contribution in [1.29, 1.82) is 0 Å². The number of aliphatic hydroxyl groups excluding tert-OH is 1. The highest BCUT2D eigenvalue weighted by molar-refractivity contribution is 5.60. The van der Waals surface area contributed by atoms with Crippen LogP contribution in [0.4, 0.5) is 0 Å². The highest BCUT2D eigenvalue weighted by Gasteiger charge is 2.08. The molecule has 0 aliphatic carbocycles. The number of aryl methyl sites for hydroxylation is 1. The van der Waals surface area contributed by atoms with Crippen molar-refractivity contribution in [3.8, 4) is 17.0 Å². The third kappa shape index (κ3) is 2.66. The van der Waals surface area contributed by atoms with E-state index in [-0.39, 0.29) is 12.2 Å². The van der Waals surface area contributed by atoms with E-state index in [4.69, 9.17) is 4.74 Å². The Morgan fingerprint density at radius 3 is 2.53 bits per heavy atom. The van der Waals surface area contributed by atoms with E-state index in [1.54, 1.807) is 13.2 Å². The van der Waals surface area contributed by atoms with E-state index in [0.29, 0.717) is 17.8 Å². The van der Waals surface area contributed by atoms with Gasteiger partial charge in [-0.25, -0.2) is 4.68 Å². The average Bonchev–Trinajstić information content (AvgIpc) is 2.47. The number of methoxy groups -OCH3 is 1. The number of hydrogen-bond acceptors (Lipinski definition) is 4. The first-order chi connectivity index (χ1) is 9.19. The standard InChI is InChI=1S/C14H16N2O3/c1-3-16-14(18)11(9-17)8-13(15-16)10-4-6-12(19-2)7-5-10/h4-8,17H,3,9H2,1-2H3. The maximum atomic E-state index is 11.8. The Hall–Kier alpha value is -2.14. The molecule has 19 heavy (non-hydrogen) atoms. The summed E-state index contributed by atoms with van der Waals surface area (Å²) in [7, 11) is 1.61. The molecule has 0 aliphatic heterocycles. The van der Waals surface area contributed by atoms with Crippen LogP contribution < -0.4 is 10.3 Å². The Balaban J connectivity index is 2.51. The van der Waals surface area contributed by atoms with Gasteiger partial charge in [0.2, 0.25) is 0 Å². The minimum Gasteiger partial charge on any atom is -0.497 e. The number of rotatable bonds is 4. The van der Waals surface area contributed by atoms with Gasteiger partial charge < -0.3 is 9.84 Å². The minimum absolute atomic E-state index is 0.248. The summed E-state index contributed by atoms with van der Waals surface area (Å²) in [5.41, 5.74) is 1.63. The molecule has 0 amide bonds. The van der Waals surface area contributed by atoms with Gasteiger partial charge in [-0.1, -0.05) is 0 Å². The van der Waals surface area contributed by atoms with Crippen molar-refractivity contribution in [2.24, 2.45) is 0 Å². The van der Waals surface area contributed by atoms with Crippen molar-refractivity contribution in [3.63, 3.8) is 0 Å². The monoisotopic (exact) mass is 260 g/mol. The molecule has 1 aromatic heterocycles. The van der Waals surface area contributed by atoms with Gasteiger partial charge in [-0.2, -0.15) is 5.10 Å². The lowest BCUT2D eigenvalue weighted by atomic mass is 10.1. The van der Waals surface area contributed by atoms with Crippen molar-refractivity contribution < 1.29 is 9.84 Å². The van der Waals surface area contributed by atoms with Crippen LogP contribution in [0.5, 0.6) is 5.75 Å². The summed E-state index contributed by atoms with van der Waals surface area (Å²) >= 11 is 0. The average molecular weight is 260 g/mol. The van der Waals surface area contributed by atoms with E-state index in [1.807, 2.05) is 31.2 Å². The van der Waals surface area contributed by atoms with Crippen molar-refractivity contribution in [2.75, 3.05) is 7.11 Å². The maximum absolute atomic E-state index is 11.8. The minimum atomic E-state index is -0.287. The zero-order chi connectivity index (χ0) is 13.8. The van der Waals surface area contributed by atoms with Crippen LogP contribution in [0.1, 0.15) is 12.5 Å². The predicted octanol–water partition coefficient (Wildman–Crippen LogP) is 1.43. The highest BCUT2D eigenvalue weighted by Crippen LogP contribution is 2.20. The Bertz CT molecular complexity index is 589. The van der Waals surface area contributed by atoms with E-state index in [9.17, 15) is 9.90 Å². The van der Waals surface area contributed by atoms with Crippen LogP contribution in [0, 0.1) is 0 Å². The van der Waals surface area contributed by atoms with Crippen LogP contribution in [0.15, 0.2) is 35.1 Å². The molecular weight excluding hydrogens is 244 g/mol. The zero-order valence-electron chi connectivity index (χ0n) is 11.0. The summed E-state index contributed by atoms with van der Waals surface area (Å²) < 4.78 is 6.45. The van der Waals surface area contributed by atoms with Crippen LogP contribution in [0.25, 0.3) is 11.3 Å². The number of ether oxygens (including phenoxy) is 1. The zero-order valence-corrected chi connectivity index (χ0v) is 11.0. The Labute approximate surface area is 111 Å². The number of benzene rings is 1. The van der Waals surface area contributed by atoms with Gasteiger partial charge in [-0.15, -0.1) is 0 Å². The molecule has 0 spiro atoms. The molecule has 1 aromatic carbocycles. The van der Waals surface area contributed by atoms with Gasteiger partial charge in [0, 0.05) is 17.7 Å². The van der Waals surface area contributed by atoms with Crippen LogP contribution in [-0.4, -0.2) is 22.0 Å². The second-order valence-electron chi connectivity index (χ2n) is 4.06. The molecule has 2 aromatic rings. The molecule has 0 fully saturated rings. The van der Waals surface area contributed by atoms with Crippen molar-refractivity contribution >= 4 is 0 Å². The Morgan fingerprint density at radius 1 is 1.32 bits per heavy atom. The molecule has 0 aliphatic rings. The lowest BCUT2D eigenvalue weighted by molar-refractivity contribution is 0.278. The predicted molar refractivity (Wildman–Crippen MR) is 72.1 cm³/mol. The smallest absolute Gasteiger partial charge is 0.272 e. The van der Waals surface area contributed by atoms with Crippen LogP contribution in [0.2, 0.25) is 0 Å². The maximum Gasteiger partial charge on any atom is 0.272 e. The summed E-state index contributed by atoms with van der Waals surface area (Å²) in [5, 5.41) is 13.5. The molecule has 1 N–H and O–H groups in total. The summed E-state index contributed by atoms with van der Waals surface area (Å²) in [5.74, 6) is 0.759. The molecular formula is C14H16N2O3. The summed E-state index contributed by atoms with van der Waals surface area (Å²) in [4.78, 5) is 11.8. The lowest BCUT2D eigenvalue weighted by Gasteiger charge is -2.08. The molecule has 0 saturated heterocycles. The summed E-state index contributed by atoms with van der Waals surface area (Å²) in [6.45, 7) is 2.02. The number of aromatic nitrogens is 2. The molecule has 0 atom stereocenters. The molecule has 0 saturated carbocycles. The first kappa shape index (κ1) is 13.3.